The Kier molecular flexibility index (Phi) is 14.4. The highest BCUT2D eigenvalue weighted by Gasteiger charge is 2.53. The molecular weight excluding hydrogens is 669 g/mol. The summed E-state index contributed by atoms with van der Waals surface area (Å²) < 4.78 is 46.8. The zero-order valence-electron chi connectivity index (χ0n) is 32.7. The smallest absolute Gasteiger partial charge is 0.195 e. The van der Waals surface area contributed by atoms with Gasteiger partial charge in [-0.15, -0.1) is 0 Å². The van der Waals surface area contributed by atoms with Crippen LogP contribution in [0.15, 0.2) is 40.6 Å². The molecule has 3 aliphatic rings. The minimum absolute atomic E-state index is 0.0290. The lowest BCUT2D eigenvalue weighted by Crippen LogP contribution is -2.62. The van der Waals surface area contributed by atoms with Gasteiger partial charge in [0.15, 0.2) is 27.2 Å². The van der Waals surface area contributed by atoms with Gasteiger partial charge in [-0.2, -0.15) is 0 Å². The fourth-order valence-corrected chi connectivity index (χ4v) is 8.52. The number of nitrogens with zero attached hydrogens (tertiary/aromatic N) is 6. The van der Waals surface area contributed by atoms with Crippen LogP contribution in [0.2, 0.25) is 18.1 Å². The van der Waals surface area contributed by atoms with Crippen molar-refractivity contribution in [2.24, 2.45) is 33.9 Å². The quantitative estimate of drug-likeness (QED) is 0.0845. The van der Waals surface area contributed by atoms with Crippen LogP contribution in [0.5, 0.6) is 0 Å². The van der Waals surface area contributed by atoms with Crippen molar-refractivity contribution in [1.82, 2.24) is 0 Å². The Labute approximate surface area is 305 Å². The van der Waals surface area contributed by atoms with Gasteiger partial charge in [-0.1, -0.05) is 103 Å². The Morgan fingerprint density at radius 1 is 0.706 bits per heavy atom. The molecule has 0 aliphatic carbocycles. The molecule has 3 heterocycles. The van der Waals surface area contributed by atoms with Gasteiger partial charge in [0, 0.05) is 15.7 Å². The van der Waals surface area contributed by atoms with Gasteiger partial charge in [0.1, 0.15) is 6.10 Å². The molecule has 3 saturated heterocycles. The maximum atomic E-state index is 9.63. The predicted octanol–water partition coefficient (Wildman–Crippen LogP) is 9.28. The number of azide groups is 2. The average molecular weight is 731 g/mol. The van der Waals surface area contributed by atoms with E-state index >= 15 is 0 Å². The van der Waals surface area contributed by atoms with E-state index in [1.54, 1.807) is 0 Å². The third-order valence-corrected chi connectivity index (χ3v) is 16.4. The van der Waals surface area contributed by atoms with E-state index in [1.807, 2.05) is 44.2 Å². The summed E-state index contributed by atoms with van der Waals surface area (Å²) in [4.78, 5) is 6.35. The summed E-state index contributed by atoms with van der Waals surface area (Å²) in [6, 6.07) is 8.88. The van der Waals surface area contributed by atoms with Crippen molar-refractivity contribution < 1.29 is 32.8 Å². The van der Waals surface area contributed by atoms with E-state index in [9.17, 15) is 11.1 Å². The molecule has 1 aromatic rings. The van der Waals surface area contributed by atoms with Crippen molar-refractivity contribution in [2.75, 3.05) is 0 Å². The SMILES string of the molecule is CCC1O[C@H](O[C@@H]2C(C)O[C@@H](O[C@@H]3C(CC)O[C@@H](O[Si](C)(C)C(C)(C)C)C(N=[N+]=[N-])[C@H]3C)C(OCc3ccccc3)[C@H]2C)C(N=[N+]=[N-])[C@@H](C)[C@@H]1C. The van der Waals surface area contributed by atoms with Crippen LogP contribution in [0, 0.1) is 23.7 Å². The Morgan fingerprint density at radius 2 is 1.27 bits per heavy atom. The van der Waals surface area contributed by atoms with Crippen molar-refractivity contribution in [3.05, 3.63) is 56.8 Å². The number of hydrogen-bond acceptors (Lipinski definition) is 9. The Bertz CT molecular complexity index is 1360. The Hall–Kier alpha value is -2.22. The standard InChI is InChI=1S/C37H62N6O7Si/c1-13-27-21(3)22(4)29(40-42-38)34(46-27)48-31-24(6)33(44-20-26-18-16-15-17-19-26)36(45-25(31)7)49-32-23(5)30(41-43-39)35(47-28(32)14-2)50-51(11,12)37(8,9)10/h15-19,21-25,27-36H,13-14,20H2,1-12H3/t21-,22-,23+,24-,25?,27?,28?,29?,30?,31-,32-,33?,34+,35-,36-/m0/s1. The molecule has 0 amide bonds. The average Bonchev–Trinajstić information content (AvgIpc) is 3.08. The van der Waals surface area contributed by atoms with Gasteiger partial charge in [0.05, 0.1) is 49.2 Å². The van der Waals surface area contributed by atoms with Crippen LogP contribution in [-0.4, -0.2) is 75.9 Å². The monoisotopic (exact) mass is 730 g/mol. The molecule has 3 aliphatic heterocycles. The fraction of sp³-hybridized carbons (Fsp3) is 0.838. The molecule has 0 radical (unpaired) electrons. The molecule has 0 N–H and O–H groups in total. The Balaban J connectivity index is 1.62. The van der Waals surface area contributed by atoms with Crippen LogP contribution in [0.4, 0.5) is 0 Å². The van der Waals surface area contributed by atoms with E-state index in [0.717, 1.165) is 12.0 Å². The molecule has 0 saturated carbocycles. The van der Waals surface area contributed by atoms with Crippen molar-refractivity contribution in [3.8, 4) is 0 Å². The molecule has 15 atom stereocenters. The minimum Gasteiger partial charge on any atom is -0.392 e. The van der Waals surface area contributed by atoms with Gasteiger partial charge in [0.2, 0.25) is 0 Å². The van der Waals surface area contributed by atoms with Crippen LogP contribution in [-0.2, 0) is 39.5 Å². The zero-order chi connectivity index (χ0) is 37.7. The fourth-order valence-electron chi connectivity index (χ4n) is 7.39. The highest BCUT2D eigenvalue weighted by molar-refractivity contribution is 6.74. The molecule has 3 fully saturated rings. The van der Waals surface area contributed by atoms with E-state index in [1.165, 1.54) is 0 Å². The van der Waals surface area contributed by atoms with Gasteiger partial charge >= 0.3 is 0 Å². The second-order valence-electron chi connectivity index (χ2n) is 16.3. The molecular formula is C37H62N6O7Si. The minimum atomic E-state index is -2.27. The van der Waals surface area contributed by atoms with E-state index < -0.39 is 63.7 Å². The molecule has 14 heteroatoms. The first kappa shape index (κ1) is 41.5. The summed E-state index contributed by atoms with van der Waals surface area (Å²) in [5.74, 6) is -0.194. The van der Waals surface area contributed by atoms with Crippen LogP contribution in [0.1, 0.15) is 87.6 Å². The molecule has 0 spiro atoms. The maximum absolute atomic E-state index is 9.63. The van der Waals surface area contributed by atoms with Gasteiger partial charge in [-0.25, -0.2) is 0 Å². The van der Waals surface area contributed by atoms with E-state index in [2.05, 4.69) is 88.5 Å². The molecule has 0 bridgehead atoms. The lowest BCUT2D eigenvalue weighted by molar-refractivity contribution is -0.351. The van der Waals surface area contributed by atoms with Gasteiger partial charge in [-0.3, -0.25) is 0 Å². The van der Waals surface area contributed by atoms with Gasteiger partial charge < -0.3 is 32.8 Å². The molecule has 13 nitrogen and oxygen atoms in total. The molecule has 0 aromatic heterocycles. The zero-order valence-corrected chi connectivity index (χ0v) is 33.7. The second kappa shape index (κ2) is 17.7. The summed E-state index contributed by atoms with van der Waals surface area (Å²) in [7, 11) is -2.27. The normalized spacial score (nSPS) is 39.1. The highest BCUT2D eigenvalue weighted by atomic mass is 28.4. The summed E-state index contributed by atoms with van der Waals surface area (Å²) in [5.41, 5.74) is 20.1. The van der Waals surface area contributed by atoms with E-state index in [4.69, 9.17) is 32.8 Å². The topological polar surface area (TPSA) is 162 Å². The first-order valence-electron chi connectivity index (χ1n) is 18.8. The lowest BCUT2D eigenvalue weighted by atomic mass is 9.81. The molecule has 6 unspecified atom stereocenters. The van der Waals surface area contributed by atoms with Crippen molar-refractivity contribution in [2.45, 2.75) is 174 Å². The number of hydrogen-bond donors (Lipinski definition) is 0. The highest BCUT2D eigenvalue weighted by Crippen LogP contribution is 2.43. The first-order chi connectivity index (χ1) is 24.1. The molecule has 4 rings (SSSR count). The van der Waals surface area contributed by atoms with Crippen molar-refractivity contribution in [1.29, 1.82) is 0 Å². The Morgan fingerprint density at radius 3 is 1.84 bits per heavy atom. The van der Waals surface area contributed by atoms with Crippen LogP contribution in [0.3, 0.4) is 0 Å². The van der Waals surface area contributed by atoms with E-state index in [-0.39, 0.29) is 40.9 Å². The molecule has 286 valence electrons. The summed E-state index contributed by atoms with van der Waals surface area (Å²) >= 11 is 0. The molecule has 51 heavy (non-hydrogen) atoms. The summed E-state index contributed by atoms with van der Waals surface area (Å²) in [6.07, 6.45) is -3.00. The summed E-state index contributed by atoms with van der Waals surface area (Å²) in [6.45, 7) is 25.6. The first-order valence-corrected chi connectivity index (χ1v) is 21.7. The van der Waals surface area contributed by atoms with Crippen LogP contribution in [0.25, 0.3) is 20.9 Å². The van der Waals surface area contributed by atoms with E-state index in [0.29, 0.717) is 13.0 Å². The summed E-state index contributed by atoms with van der Waals surface area (Å²) in [5, 5.41) is 8.28. The van der Waals surface area contributed by atoms with Crippen molar-refractivity contribution in [3.63, 3.8) is 0 Å². The lowest BCUT2D eigenvalue weighted by Gasteiger charge is -2.51. The number of ether oxygens (including phenoxy) is 6. The van der Waals surface area contributed by atoms with Crippen LogP contribution >= 0.6 is 0 Å². The van der Waals surface area contributed by atoms with Crippen LogP contribution < -0.4 is 0 Å². The van der Waals surface area contributed by atoms with Gasteiger partial charge in [-0.05, 0) is 72.3 Å². The predicted molar refractivity (Wildman–Crippen MR) is 198 cm³/mol. The largest absolute Gasteiger partial charge is 0.392 e. The third kappa shape index (κ3) is 9.48. The molecule has 1 aromatic carbocycles. The van der Waals surface area contributed by atoms with Gasteiger partial charge in [0.25, 0.3) is 0 Å². The maximum Gasteiger partial charge on any atom is 0.195 e. The van der Waals surface area contributed by atoms with Crippen molar-refractivity contribution >= 4 is 8.32 Å². The number of rotatable bonds is 13. The second-order valence-corrected chi connectivity index (χ2v) is 21.0. The third-order valence-electron chi connectivity index (χ3n) is 11.9. The number of benzene rings is 1.